The van der Waals surface area contributed by atoms with Crippen LogP contribution in [-0.4, -0.2) is 60.5 Å². The number of nitrogens with one attached hydrogen (secondary N) is 1. The molecule has 3 N–H and O–H groups in total. The van der Waals surface area contributed by atoms with Crippen molar-refractivity contribution in [3.05, 3.63) is 72.1 Å². The molecular formula is C24H29N5O2. The van der Waals surface area contributed by atoms with E-state index < -0.39 is 0 Å². The molecule has 0 spiro atoms. The summed E-state index contributed by atoms with van der Waals surface area (Å²) in [6.07, 6.45) is 4.86. The van der Waals surface area contributed by atoms with Crippen molar-refractivity contribution in [3.63, 3.8) is 0 Å². The summed E-state index contributed by atoms with van der Waals surface area (Å²) in [5.41, 5.74) is 10.1. The largest absolute Gasteiger partial charge is 0.476 e. The summed E-state index contributed by atoms with van der Waals surface area (Å²) >= 11 is 0. The number of ether oxygens (including phenoxy) is 2. The molecule has 3 heterocycles. The van der Waals surface area contributed by atoms with E-state index in [9.17, 15) is 0 Å². The van der Waals surface area contributed by atoms with E-state index in [-0.39, 0.29) is 0 Å². The van der Waals surface area contributed by atoms with Crippen molar-refractivity contribution in [2.24, 2.45) is 0 Å². The van der Waals surface area contributed by atoms with Gasteiger partial charge in [-0.15, -0.1) is 0 Å². The number of hydrogen-bond donors (Lipinski definition) is 2. The number of rotatable bonds is 6. The predicted molar refractivity (Wildman–Crippen MR) is 124 cm³/mol. The summed E-state index contributed by atoms with van der Waals surface area (Å²) in [6, 6.07) is 15.5. The molecule has 1 saturated heterocycles. The quantitative estimate of drug-likeness (QED) is 0.594. The van der Waals surface area contributed by atoms with Crippen LogP contribution in [0, 0.1) is 12.3 Å². The van der Waals surface area contributed by atoms with Crippen LogP contribution in [0.4, 0.5) is 5.82 Å². The zero-order valence-electron chi connectivity index (χ0n) is 17.8. The van der Waals surface area contributed by atoms with Gasteiger partial charge in [-0.25, -0.2) is 0 Å². The van der Waals surface area contributed by atoms with E-state index in [0.717, 1.165) is 49.5 Å². The summed E-state index contributed by atoms with van der Waals surface area (Å²) in [5, 5.41) is 6.92. The minimum absolute atomic E-state index is 0.454. The number of benzene rings is 1. The molecule has 2 aromatic heterocycles. The van der Waals surface area contributed by atoms with Crippen molar-refractivity contribution < 1.29 is 9.47 Å². The fourth-order valence-corrected chi connectivity index (χ4v) is 3.17. The molecule has 7 heteroatoms. The Labute approximate surface area is 183 Å². The first-order chi connectivity index (χ1) is 15.1. The van der Waals surface area contributed by atoms with Gasteiger partial charge in [-0.05, 0) is 41.8 Å². The Balaban J connectivity index is 0.000000254. The number of morpholine rings is 1. The van der Waals surface area contributed by atoms with E-state index in [0.29, 0.717) is 18.3 Å². The molecule has 1 fully saturated rings. The minimum atomic E-state index is 0.454. The summed E-state index contributed by atoms with van der Waals surface area (Å²) in [6.45, 7) is 6.97. The lowest BCUT2D eigenvalue weighted by Gasteiger charge is -2.26. The van der Waals surface area contributed by atoms with Crippen LogP contribution in [0.3, 0.4) is 0 Å². The van der Waals surface area contributed by atoms with E-state index in [1.54, 1.807) is 12.4 Å². The van der Waals surface area contributed by atoms with Gasteiger partial charge < -0.3 is 20.6 Å². The van der Waals surface area contributed by atoms with Crippen molar-refractivity contribution in [2.45, 2.75) is 6.92 Å². The minimum Gasteiger partial charge on any atom is -0.476 e. The van der Waals surface area contributed by atoms with Gasteiger partial charge in [-0.3, -0.25) is 9.88 Å². The molecule has 162 valence electrons. The van der Waals surface area contributed by atoms with E-state index in [1.807, 2.05) is 55.5 Å². The molecule has 4 rings (SSSR count). The van der Waals surface area contributed by atoms with Gasteiger partial charge >= 0.3 is 0 Å². The average Bonchev–Trinajstić information content (AvgIpc) is 2.80. The molecule has 3 aromatic rings. The van der Waals surface area contributed by atoms with Crippen LogP contribution < -0.4 is 10.5 Å². The van der Waals surface area contributed by atoms with Crippen molar-refractivity contribution in [1.29, 1.82) is 5.41 Å². The lowest BCUT2D eigenvalue weighted by atomic mass is 10.1. The third-order valence-corrected chi connectivity index (χ3v) is 4.81. The topological polar surface area (TPSA) is 97.4 Å². The molecule has 1 aliphatic heterocycles. The molecule has 0 radical (unpaired) electrons. The van der Waals surface area contributed by atoms with Crippen molar-refractivity contribution in [3.8, 4) is 17.0 Å². The van der Waals surface area contributed by atoms with Gasteiger partial charge in [0.1, 0.15) is 12.4 Å². The number of nitrogens with two attached hydrogens (primary N) is 1. The van der Waals surface area contributed by atoms with E-state index in [4.69, 9.17) is 20.6 Å². The molecule has 0 aliphatic carbocycles. The number of nitrogens with zero attached hydrogens (tertiary/aromatic N) is 3. The second-order valence-electron chi connectivity index (χ2n) is 7.22. The van der Waals surface area contributed by atoms with Gasteiger partial charge in [0.15, 0.2) is 0 Å². The lowest BCUT2D eigenvalue weighted by molar-refractivity contribution is 0.0320. The van der Waals surface area contributed by atoms with Gasteiger partial charge in [0, 0.05) is 44.3 Å². The summed E-state index contributed by atoms with van der Waals surface area (Å²) in [5.74, 6) is 1.01. The van der Waals surface area contributed by atoms with Gasteiger partial charge in [0.05, 0.1) is 13.2 Å². The first-order valence-electron chi connectivity index (χ1n) is 10.3. The third-order valence-electron chi connectivity index (χ3n) is 4.81. The van der Waals surface area contributed by atoms with Crippen LogP contribution in [0.1, 0.15) is 11.1 Å². The number of nitrogen functional groups attached to an aromatic ring is 1. The van der Waals surface area contributed by atoms with Gasteiger partial charge in [0.2, 0.25) is 5.88 Å². The molecule has 31 heavy (non-hydrogen) atoms. The van der Waals surface area contributed by atoms with Crippen LogP contribution in [0.25, 0.3) is 11.1 Å². The predicted octanol–water partition coefficient (Wildman–Crippen LogP) is 3.43. The molecule has 1 aromatic carbocycles. The molecule has 7 nitrogen and oxygen atoms in total. The summed E-state index contributed by atoms with van der Waals surface area (Å²) < 4.78 is 11.1. The molecular weight excluding hydrogens is 390 g/mol. The Hall–Kier alpha value is -3.29. The highest BCUT2D eigenvalue weighted by Gasteiger charge is 2.10. The zero-order chi connectivity index (χ0) is 21.9. The second-order valence-corrected chi connectivity index (χ2v) is 7.22. The second kappa shape index (κ2) is 11.8. The van der Waals surface area contributed by atoms with Crippen molar-refractivity contribution in [1.82, 2.24) is 14.9 Å². The summed E-state index contributed by atoms with van der Waals surface area (Å²) in [7, 11) is 0. The molecule has 0 unspecified atom stereocenters. The smallest absolute Gasteiger partial charge is 0.215 e. The number of aromatic nitrogens is 2. The monoisotopic (exact) mass is 419 g/mol. The molecule has 0 saturated carbocycles. The highest BCUT2D eigenvalue weighted by Crippen LogP contribution is 2.24. The Kier molecular flexibility index (Phi) is 8.51. The Morgan fingerprint density at radius 3 is 2.55 bits per heavy atom. The Bertz CT molecular complexity index is 959. The first-order valence-corrected chi connectivity index (χ1v) is 10.3. The zero-order valence-corrected chi connectivity index (χ0v) is 17.8. The maximum Gasteiger partial charge on any atom is 0.215 e. The van der Waals surface area contributed by atoms with Crippen LogP contribution in [-0.2, 0) is 4.74 Å². The van der Waals surface area contributed by atoms with Gasteiger partial charge in [0.25, 0.3) is 0 Å². The van der Waals surface area contributed by atoms with Gasteiger partial charge in [-0.2, -0.15) is 4.98 Å². The fourth-order valence-electron chi connectivity index (χ4n) is 3.17. The highest BCUT2D eigenvalue weighted by atomic mass is 16.5. The Morgan fingerprint density at radius 2 is 1.87 bits per heavy atom. The van der Waals surface area contributed by atoms with Crippen molar-refractivity contribution in [2.75, 3.05) is 45.2 Å². The average molecular weight is 420 g/mol. The maximum atomic E-state index is 6.92. The van der Waals surface area contributed by atoms with E-state index in [2.05, 4.69) is 14.9 Å². The molecule has 0 bridgehead atoms. The number of hydrogen-bond acceptors (Lipinski definition) is 7. The van der Waals surface area contributed by atoms with Crippen LogP contribution >= 0.6 is 0 Å². The van der Waals surface area contributed by atoms with Crippen LogP contribution in [0.5, 0.6) is 5.88 Å². The molecule has 1 aliphatic rings. The SMILES string of the molecule is Cc1cccc(C=N)c1.Nc1cc(-c2ccncc2)cc(OCCN2CCOCC2)n1. The standard InChI is InChI=1S/C16H20N4O2.C8H9N/c17-15-11-14(13-1-3-18-4-2-13)12-16(19-15)22-10-7-20-5-8-21-9-6-20;1-7-3-2-4-8(5-7)6-9/h1-4,11-12H,5-10H2,(H2,17,19);2-6,9H,1H3. The molecule has 0 amide bonds. The van der Waals surface area contributed by atoms with Crippen molar-refractivity contribution >= 4 is 12.0 Å². The number of aryl methyl sites for hydroxylation is 1. The normalized spacial score (nSPS) is 13.7. The molecule has 0 atom stereocenters. The Morgan fingerprint density at radius 1 is 1.10 bits per heavy atom. The maximum absolute atomic E-state index is 6.92. The highest BCUT2D eigenvalue weighted by molar-refractivity contribution is 5.77. The van der Waals surface area contributed by atoms with Crippen LogP contribution in [0.2, 0.25) is 0 Å². The third kappa shape index (κ3) is 7.47. The van der Waals surface area contributed by atoms with E-state index in [1.165, 1.54) is 11.8 Å². The first kappa shape index (κ1) is 22.4. The van der Waals surface area contributed by atoms with Gasteiger partial charge in [-0.1, -0.05) is 29.8 Å². The number of anilines is 1. The fraction of sp³-hybridized carbons (Fsp3) is 0.292. The lowest BCUT2D eigenvalue weighted by Crippen LogP contribution is -2.38. The van der Waals surface area contributed by atoms with Crippen LogP contribution in [0.15, 0.2) is 60.9 Å². The van der Waals surface area contributed by atoms with E-state index >= 15 is 0 Å². The summed E-state index contributed by atoms with van der Waals surface area (Å²) in [4.78, 5) is 10.6. The number of pyridine rings is 2.